The highest BCUT2D eigenvalue weighted by Crippen LogP contribution is 2.26. The van der Waals surface area contributed by atoms with Crippen LogP contribution in [0.15, 0.2) is 18.2 Å². The van der Waals surface area contributed by atoms with Crippen LogP contribution in [-0.4, -0.2) is 36.9 Å². The van der Waals surface area contributed by atoms with Crippen molar-refractivity contribution in [2.75, 3.05) is 26.2 Å². The summed E-state index contributed by atoms with van der Waals surface area (Å²) in [6.45, 7) is 9.71. The molecule has 0 fully saturated rings. The molecule has 1 aromatic carbocycles. The number of benzene rings is 1. The van der Waals surface area contributed by atoms with Crippen LogP contribution in [0.5, 0.6) is 5.75 Å². The molecule has 0 saturated heterocycles. The van der Waals surface area contributed by atoms with Crippen LogP contribution < -0.4 is 4.74 Å². The van der Waals surface area contributed by atoms with Crippen molar-refractivity contribution in [1.82, 2.24) is 4.90 Å². The molecule has 0 aromatic heterocycles. The Morgan fingerprint density at radius 1 is 1.40 bits per heavy atom. The first-order valence-electron chi connectivity index (χ1n) is 7.65. The van der Waals surface area contributed by atoms with Crippen molar-refractivity contribution < 1.29 is 9.53 Å². The first-order valence-corrected chi connectivity index (χ1v) is 7.65. The molecule has 1 unspecified atom stereocenters. The summed E-state index contributed by atoms with van der Waals surface area (Å²) in [5, 5.41) is 0. The van der Waals surface area contributed by atoms with Gasteiger partial charge in [-0.3, -0.25) is 9.69 Å². The molecule has 0 saturated carbocycles. The summed E-state index contributed by atoms with van der Waals surface area (Å²) in [6, 6.07) is 5.83. The van der Waals surface area contributed by atoms with Crippen molar-refractivity contribution in [3.63, 3.8) is 0 Å². The van der Waals surface area contributed by atoms with E-state index >= 15 is 0 Å². The van der Waals surface area contributed by atoms with Crippen LogP contribution in [0.1, 0.15) is 43.1 Å². The highest BCUT2D eigenvalue weighted by Gasteiger charge is 2.17. The zero-order valence-electron chi connectivity index (χ0n) is 12.8. The van der Waals surface area contributed by atoms with Crippen LogP contribution in [0.2, 0.25) is 0 Å². The fourth-order valence-electron chi connectivity index (χ4n) is 2.53. The molecular formula is C17H25NO2. The zero-order chi connectivity index (χ0) is 14.5. The average Bonchev–Trinajstić information content (AvgIpc) is 2.93. The summed E-state index contributed by atoms with van der Waals surface area (Å²) in [4.78, 5) is 14.6. The average molecular weight is 275 g/mol. The maximum absolute atomic E-state index is 12.4. The minimum absolute atomic E-state index is 0.213. The Morgan fingerprint density at radius 2 is 2.20 bits per heavy atom. The molecule has 0 radical (unpaired) electrons. The van der Waals surface area contributed by atoms with E-state index in [0.29, 0.717) is 12.5 Å². The van der Waals surface area contributed by atoms with Gasteiger partial charge >= 0.3 is 0 Å². The fourth-order valence-corrected chi connectivity index (χ4v) is 2.53. The summed E-state index contributed by atoms with van der Waals surface area (Å²) in [5.74, 6) is 1.79. The van der Waals surface area contributed by atoms with Crippen LogP contribution in [0.25, 0.3) is 0 Å². The zero-order valence-corrected chi connectivity index (χ0v) is 12.8. The van der Waals surface area contributed by atoms with Crippen LogP contribution >= 0.6 is 0 Å². The minimum Gasteiger partial charge on any atom is -0.493 e. The maximum atomic E-state index is 12.4. The van der Waals surface area contributed by atoms with Gasteiger partial charge in [-0.25, -0.2) is 0 Å². The van der Waals surface area contributed by atoms with Crippen molar-refractivity contribution in [3.05, 3.63) is 29.3 Å². The van der Waals surface area contributed by atoms with Gasteiger partial charge in [-0.05, 0) is 36.2 Å². The number of carbonyl (C=O) groups is 1. The highest BCUT2D eigenvalue weighted by molar-refractivity contribution is 5.98. The molecule has 1 atom stereocenters. The van der Waals surface area contributed by atoms with Gasteiger partial charge in [0.05, 0.1) is 13.2 Å². The highest BCUT2D eigenvalue weighted by atomic mass is 16.5. The lowest BCUT2D eigenvalue weighted by molar-refractivity contribution is 0.0924. The van der Waals surface area contributed by atoms with E-state index in [-0.39, 0.29) is 5.78 Å². The third-order valence-electron chi connectivity index (χ3n) is 4.09. The Balaban J connectivity index is 2.00. The molecule has 1 aliphatic rings. The van der Waals surface area contributed by atoms with E-state index in [9.17, 15) is 4.79 Å². The van der Waals surface area contributed by atoms with Crippen molar-refractivity contribution in [1.29, 1.82) is 0 Å². The van der Waals surface area contributed by atoms with E-state index in [1.165, 1.54) is 5.56 Å². The van der Waals surface area contributed by atoms with E-state index < -0.39 is 0 Å². The number of ketones is 1. The molecule has 3 nitrogen and oxygen atoms in total. The summed E-state index contributed by atoms with van der Waals surface area (Å²) >= 11 is 0. The summed E-state index contributed by atoms with van der Waals surface area (Å²) in [7, 11) is 0. The molecule has 20 heavy (non-hydrogen) atoms. The number of hydrogen-bond donors (Lipinski definition) is 0. The predicted molar refractivity (Wildman–Crippen MR) is 81.5 cm³/mol. The van der Waals surface area contributed by atoms with Gasteiger partial charge in [0, 0.05) is 18.5 Å². The van der Waals surface area contributed by atoms with Crippen LogP contribution in [0.3, 0.4) is 0 Å². The SMILES string of the molecule is CCC(C)CN(CC)CC(=O)c1ccc2c(c1)CCO2. The van der Waals surface area contributed by atoms with Crippen molar-refractivity contribution in [2.45, 2.75) is 33.6 Å². The molecule has 1 aliphatic heterocycles. The van der Waals surface area contributed by atoms with Gasteiger partial charge in [-0.2, -0.15) is 0 Å². The first-order chi connectivity index (χ1) is 9.63. The van der Waals surface area contributed by atoms with Crippen molar-refractivity contribution >= 4 is 5.78 Å². The molecule has 3 heteroatoms. The van der Waals surface area contributed by atoms with E-state index in [1.54, 1.807) is 0 Å². The molecule has 0 spiro atoms. The third-order valence-corrected chi connectivity index (χ3v) is 4.09. The second kappa shape index (κ2) is 6.89. The molecular weight excluding hydrogens is 250 g/mol. The van der Waals surface area contributed by atoms with E-state index in [2.05, 4.69) is 25.7 Å². The van der Waals surface area contributed by atoms with Gasteiger partial charge in [0.25, 0.3) is 0 Å². The van der Waals surface area contributed by atoms with Crippen molar-refractivity contribution in [3.8, 4) is 5.75 Å². The van der Waals surface area contributed by atoms with Crippen LogP contribution in [-0.2, 0) is 6.42 Å². The smallest absolute Gasteiger partial charge is 0.176 e. The Bertz CT molecular complexity index is 470. The molecule has 2 rings (SSSR count). The van der Waals surface area contributed by atoms with Gasteiger partial charge in [0.15, 0.2) is 5.78 Å². The van der Waals surface area contributed by atoms with E-state index in [4.69, 9.17) is 4.74 Å². The molecule has 0 N–H and O–H groups in total. The number of ether oxygens (including phenoxy) is 1. The van der Waals surface area contributed by atoms with Gasteiger partial charge in [-0.1, -0.05) is 27.2 Å². The lowest BCUT2D eigenvalue weighted by Gasteiger charge is -2.23. The Hall–Kier alpha value is -1.35. The molecule has 0 bridgehead atoms. The van der Waals surface area contributed by atoms with E-state index in [0.717, 1.165) is 43.9 Å². The normalized spacial score (nSPS) is 15.0. The van der Waals surface area contributed by atoms with Gasteiger partial charge in [0.2, 0.25) is 0 Å². The van der Waals surface area contributed by atoms with Gasteiger partial charge in [-0.15, -0.1) is 0 Å². The summed E-state index contributed by atoms with van der Waals surface area (Å²) in [5.41, 5.74) is 1.98. The Kier molecular flexibility index (Phi) is 5.18. The molecule has 1 heterocycles. The second-order valence-electron chi connectivity index (χ2n) is 5.69. The number of rotatable bonds is 7. The van der Waals surface area contributed by atoms with Crippen LogP contribution in [0, 0.1) is 5.92 Å². The number of carbonyl (C=O) groups excluding carboxylic acids is 1. The minimum atomic E-state index is 0.213. The topological polar surface area (TPSA) is 29.5 Å². The number of Topliss-reactive ketones (excluding diaryl/α,β-unsaturated/α-hetero) is 1. The Labute approximate surface area is 121 Å². The third kappa shape index (κ3) is 3.60. The quantitative estimate of drug-likeness (QED) is 0.716. The Morgan fingerprint density at radius 3 is 2.90 bits per heavy atom. The molecule has 0 aliphatic carbocycles. The van der Waals surface area contributed by atoms with Gasteiger partial charge in [0.1, 0.15) is 5.75 Å². The lowest BCUT2D eigenvalue weighted by Crippen LogP contribution is -2.33. The van der Waals surface area contributed by atoms with Crippen LogP contribution in [0.4, 0.5) is 0 Å². The largest absolute Gasteiger partial charge is 0.493 e. The first kappa shape index (κ1) is 15.0. The molecule has 1 aromatic rings. The van der Waals surface area contributed by atoms with Crippen molar-refractivity contribution in [2.24, 2.45) is 5.92 Å². The summed E-state index contributed by atoms with van der Waals surface area (Å²) < 4.78 is 5.48. The number of hydrogen-bond acceptors (Lipinski definition) is 3. The molecule has 0 amide bonds. The number of fused-ring (bicyclic) bond motifs is 1. The standard InChI is InChI=1S/C17H25NO2/c1-4-13(3)11-18(5-2)12-16(19)14-6-7-17-15(10-14)8-9-20-17/h6-7,10,13H,4-5,8-9,11-12H2,1-3H3. The predicted octanol–water partition coefficient (Wildman–Crippen LogP) is 3.17. The number of nitrogens with zero attached hydrogens (tertiary/aromatic N) is 1. The second-order valence-corrected chi connectivity index (χ2v) is 5.69. The summed E-state index contributed by atoms with van der Waals surface area (Å²) in [6.07, 6.45) is 2.07. The van der Waals surface area contributed by atoms with E-state index in [1.807, 2.05) is 18.2 Å². The molecule has 110 valence electrons. The van der Waals surface area contributed by atoms with Gasteiger partial charge < -0.3 is 4.74 Å². The monoisotopic (exact) mass is 275 g/mol. The maximum Gasteiger partial charge on any atom is 0.176 e. The lowest BCUT2D eigenvalue weighted by atomic mass is 10.0. The number of likely N-dealkylation sites (N-methyl/N-ethyl adjacent to an activating group) is 1. The fraction of sp³-hybridized carbons (Fsp3) is 0.588.